The average Bonchev–Trinajstić information content (AvgIpc) is 3.23. The number of hydrazone groups is 1. The lowest BCUT2D eigenvalue weighted by molar-refractivity contribution is -0.114. The summed E-state index contributed by atoms with van der Waals surface area (Å²) in [6.45, 7) is 1.39. The molecule has 3 rings (SSSR count). The van der Waals surface area contributed by atoms with Gasteiger partial charge in [-0.25, -0.2) is 4.39 Å². The maximum Gasteiger partial charge on any atom is 0.221 e. The maximum atomic E-state index is 14.1. The Kier molecular flexibility index (Phi) is 3.92. The Morgan fingerprint density at radius 1 is 1.52 bits per heavy atom. The maximum absolute atomic E-state index is 14.1. The van der Waals surface area contributed by atoms with Crippen LogP contribution < -0.4 is 10.7 Å². The first-order valence-electron chi connectivity index (χ1n) is 6.72. The molecule has 7 heteroatoms. The third kappa shape index (κ3) is 3.60. The van der Waals surface area contributed by atoms with Crippen molar-refractivity contribution >= 4 is 34.2 Å². The lowest BCUT2D eigenvalue weighted by Gasteiger charge is -2.15. The third-order valence-corrected chi connectivity index (χ3v) is 3.97. The Hall–Kier alpha value is -1.89. The summed E-state index contributed by atoms with van der Waals surface area (Å²) in [6.07, 6.45) is 2.28. The van der Waals surface area contributed by atoms with Crippen LogP contribution in [0.1, 0.15) is 25.3 Å². The van der Waals surface area contributed by atoms with Crippen LogP contribution in [-0.2, 0) is 4.79 Å². The molecule has 21 heavy (non-hydrogen) atoms. The van der Waals surface area contributed by atoms with E-state index in [1.807, 2.05) is 0 Å². The molecule has 0 radical (unpaired) electrons. The molecule has 1 fully saturated rings. The smallest absolute Gasteiger partial charge is 0.221 e. The standard InChI is InChI=1S/C14H15FN4OS/c1-8(20)16-10-4-5-11(12(15)6-10)13-7-21-14(19-18-13)17-9-2-3-9/h4-6,9H,2-3,7H2,1H3,(H,16,20)(H,17,19). The molecule has 5 nitrogen and oxygen atoms in total. The van der Waals surface area contributed by atoms with Gasteiger partial charge in [-0.2, -0.15) is 5.10 Å². The Morgan fingerprint density at radius 2 is 2.33 bits per heavy atom. The first kappa shape index (κ1) is 14.1. The Labute approximate surface area is 126 Å². The Balaban J connectivity index is 1.74. The van der Waals surface area contributed by atoms with Gasteiger partial charge in [0.15, 0.2) is 5.17 Å². The van der Waals surface area contributed by atoms with Gasteiger partial charge in [0.05, 0.1) is 11.8 Å². The van der Waals surface area contributed by atoms with E-state index in [-0.39, 0.29) is 5.91 Å². The molecule has 1 aromatic rings. The highest BCUT2D eigenvalue weighted by molar-refractivity contribution is 8.14. The normalized spacial score (nSPS) is 19.9. The molecule has 1 saturated carbocycles. The molecule has 2 N–H and O–H groups in total. The van der Waals surface area contributed by atoms with E-state index in [9.17, 15) is 9.18 Å². The number of nitrogens with one attached hydrogen (secondary N) is 2. The molecule has 110 valence electrons. The van der Waals surface area contributed by atoms with Crippen LogP contribution in [0.4, 0.5) is 10.1 Å². The second-order valence-electron chi connectivity index (χ2n) is 5.00. The van der Waals surface area contributed by atoms with E-state index in [0.717, 1.165) is 18.0 Å². The summed E-state index contributed by atoms with van der Waals surface area (Å²) in [5.41, 5.74) is 4.40. The topological polar surface area (TPSA) is 65.8 Å². The quantitative estimate of drug-likeness (QED) is 0.901. The Bertz CT molecular complexity index is 640. The van der Waals surface area contributed by atoms with Crippen LogP contribution in [0.15, 0.2) is 28.3 Å². The minimum atomic E-state index is -0.398. The van der Waals surface area contributed by atoms with Gasteiger partial charge in [0.25, 0.3) is 0 Å². The van der Waals surface area contributed by atoms with Gasteiger partial charge in [0.2, 0.25) is 5.91 Å². The lowest BCUT2D eigenvalue weighted by Crippen LogP contribution is -2.26. The largest absolute Gasteiger partial charge is 0.326 e. The number of benzene rings is 1. The fourth-order valence-corrected chi connectivity index (χ4v) is 2.75. The van der Waals surface area contributed by atoms with E-state index in [0.29, 0.717) is 28.8 Å². The number of hydrogen-bond acceptors (Lipinski definition) is 4. The number of nitrogens with zero attached hydrogens (tertiary/aromatic N) is 2. The molecule has 1 aliphatic carbocycles. The van der Waals surface area contributed by atoms with Gasteiger partial charge in [0.1, 0.15) is 5.82 Å². The SMILES string of the molecule is CC(=O)Nc1ccc(C2=NNC(=NC3CC3)SC2)c(F)c1. The van der Waals surface area contributed by atoms with Gasteiger partial charge >= 0.3 is 0 Å². The van der Waals surface area contributed by atoms with E-state index >= 15 is 0 Å². The number of halogens is 1. The second-order valence-corrected chi connectivity index (χ2v) is 5.96. The van der Waals surface area contributed by atoms with Crippen molar-refractivity contribution in [2.45, 2.75) is 25.8 Å². The molecule has 0 aromatic heterocycles. The van der Waals surface area contributed by atoms with Crippen molar-refractivity contribution in [3.05, 3.63) is 29.6 Å². The number of thioether (sulfide) groups is 1. The average molecular weight is 306 g/mol. The molecule has 0 unspecified atom stereocenters. The minimum absolute atomic E-state index is 0.227. The zero-order chi connectivity index (χ0) is 14.8. The summed E-state index contributed by atoms with van der Waals surface area (Å²) in [7, 11) is 0. The fourth-order valence-electron chi connectivity index (χ4n) is 1.92. The summed E-state index contributed by atoms with van der Waals surface area (Å²) in [4.78, 5) is 15.4. The molecular formula is C14H15FN4OS. The number of amides is 1. The Morgan fingerprint density at radius 3 is 2.90 bits per heavy atom. The van der Waals surface area contributed by atoms with E-state index in [1.54, 1.807) is 12.1 Å². The molecule has 0 bridgehead atoms. The summed E-state index contributed by atoms with van der Waals surface area (Å²) < 4.78 is 14.1. The van der Waals surface area contributed by atoms with Crippen molar-refractivity contribution in [2.75, 3.05) is 11.1 Å². The lowest BCUT2D eigenvalue weighted by atomic mass is 10.1. The number of amidine groups is 1. The highest BCUT2D eigenvalue weighted by Crippen LogP contribution is 2.26. The predicted molar refractivity (Wildman–Crippen MR) is 83.3 cm³/mol. The third-order valence-electron chi connectivity index (χ3n) is 3.08. The van der Waals surface area contributed by atoms with Gasteiger partial charge in [-0.3, -0.25) is 15.2 Å². The second kappa shape index (κ2) is 5.85. The van der Waals surface area contributed by atoms with Crippen molar-refractivity contribution in [3.8, 4) is 0 Å². The van der Waals surface area contributed by atoms with E-state index in [1.165, 1.54) is 24.8 Å². The first-order chi connectivity index (χ1) is 10.1. The molecular weight excluding hydrogens is 291 g/mol. The summed E-state index contributed by atoms with van der Waals surface area (Å²) in [5, 5.41) is 7.56. The van der Waals surface area contributed by atoms with Gasteiger partial charge in [-0.15, -0.1) is 0 Å². The van der Waals surface area contributed by atoms with Crippen LogP contribution >= 0.6 is 11.8 Å². The number of aliphatic imine (C=N–C) groups is 1. The zero-order valence-corrected chi connectivity index (χ0v) is 12.3. The summed E-state index contributed by atoms with van der Waals surface area (Å²) in [6, 6.07) is 5.04. The van der Waals surface area contributed by atoms with Crippen LogP contribution in [0.3, 0.4) is 0 Å². The van der Waals surface area contributed by atoms with Gasteiger partial charge in [0, 0.05) is 23.9 Å². The number of anilines is 1. The molecule has 0 saturated heterocycles. The van der Waals surface area contributed by atoms with E-state index in [4.69, 9.17) is 0 Å². The molecule has 2 aliphatic rings. The molecule has 1 amide bonds. The number of hydrogen-bond donors (Lipinski definition) is 2. The zero-order valence-electron chi connectivity index (χ0n) is 11.5. The highest BCUT2D eigenvalue weighted by atomic mass is 32.2. The number of carbonyl (C=O) groups is 1. The summed E-state index contributed by atoms with van der Waals surface area (Å²) >= 11 is 1.53. The van der Waals surface area contributed by atoms with Crippen molar-refractivity contribution < 1.29 is 9.18 Å². The molecule has 1 heterocycles. The van der Waals surface area contributed by atoms with Crippen molar-refractivity contribution in [3.63, 3.8) is 0 Å². The van der Waals surface area contributed by atoms with Gasteiger partial charge < -0.3 is 5.32 Å². The number of carbonyl (C=O) groups excluding carboxylic acids is 1. The van der Waals surface area contributed by atoms with Crippen molar-refractivity contribution in [1.82, 2.24) is 5.43 Å². The van der Waals surface area contributed by atoms with Gasteiger partial charge in [-0.05, 0) is 31.0 Å². The highest BCUT2D eigenvalue weighted by Gasteiger charge is 2.23. The van der Waals surface area contributed by atoms with Gasteiger partial charge in [-0.1, -0.05) is 11.8 Å². The van der Waals surface area contributed by atoms with E-state index < -0.39 is 5.82 Å². The monoisotopic (exact) mass is 306 g/mol. The van der Waals surface area contributed by atoms with Crippen LogP contribution in [0, 0.1) is 5.82 Å². The number of rotatable bonds is 3. The van der Waals surface area contributed by atoms with Crippen LogP contribution in [-0.4, -0.2) is 28.6 Å². The molecule has 0 spiro atoms. The fraction of sp³-hybridized carbons (Fsp3) is 0.357. The first-order valence-corrected chi connectivity index (χ1v) is 7.71. The summed E-state index contributed by atoms with van der Waals surface area (Å²) in [5.74, 6) is -0.0464. The van der Waals surface area contributed by atoms with Crippen molar-refractivity contribution in [2.24, 2.45) is 10.1 Å². The molecule has 1 aliphatic heterocycles. The minimum Gasteiger partial charge on any atom is -0.326 e. The predicted octanol–water partition coefficient (Wildman–Crippen LogP) is 2.34. The van der Waals surface area contributed by atoms with Crippen molar-refractivity contribution in [1.29, 1.82) is 0 Å². The van der Waals surface area contributed by atoms with Crippen LogP contribution in [0.25, 0.3) is 0 Å². The van der Waals surface area contributed by atoms with E-state index in [2.05, 4.69) is 20.8 Å². The molecule has 1 aromatic carbocycles. The van der Waals surface area contributed by atoms with Crippen LogP contribution in [0.2, 0.25) is 0 Å². The van der Waals surface area contributed by atoms with Crippen LogP contribution in [0.5, 0.6) is 0 Å². The molecule has 0 atom stereocenters.